The maximum absolute atomic E-state index is 5.77. The zero-order valence-corrected chi connectivity index (χ0v) is 12.5. The van der Waals surface area contributed by atoms with E-state index in [1.165, 1.54) is 24.8 Å². The number of rotatable bonds is 7. The minimum atomic E-state index is 0.261. The second-order valence-corrected chi connectivity index (χ2v) is 6.14. The van der Waals surface area contributed by atoms with Gasteiger partial charge in [-0.25, -0.2) is 4.98 Å². The average molecular weight is 271 g/mol. The Labute approximate surface area is 121 Å². The van der Waals surface area contributed by atoms with Gasteiger partial charge in [-0.1, -0.05) is 50.6 Å². The second kappa shape index (κ2) is 6.71. The van der Waals surface area contributed by atoms with E-state index in [2.05, 4.69) is 53.9 Å². The van der Waals surface area contributed by atoms with Crippen LogP contribution in [0.1, 0.15) is 33.1 Å². The third kappa shape index (κ3) is 3.94. The largest absolute Gasteiger partial charge is 0.331 e. The lowest BCUT2D eigenvalue weighted by atomic mass is 9.87. The highest BCUT2D eigenvalue weighted by Gasteiger charge is 2.14. The Morgan fingerprint density at radius 3 is 2.60 bits per heavy atom. The van der Waals surface area contributed by atoms with Crippen LogP contribution in [0.3, 0.4) is 0 Å². The molecule has 20 heavy (non-hydrogen) atoms. The molecule has 0 amide bonds. The Bertz CT molecular complexity index is 514. The summed E-state index contributed by atoms with van der Waals surface area (Å²) in [6.45, 7) is 6.25. The fourth-order valence-corrected chi connectivity index (χ4v) is 2.32. The first-order valence-electron chi connectivity index (χ1n) is 7.39. The number of unbranched alkanes of at least 4 members (excludes halogenated alkanes) is 1. The molecule has 1 aromatic heterocycles. The SMILES string of the molecule is CC(C)(CN)CCCCn1ccnc1-c1ccccc1. The van der Waals surface area contributed by atoms with Crippen molar-refractivity contribution in [3.63, 3.8) is 0 Å². The molecular weight excluding hydrogens is 246 g/mol. The summed E-state index contributed by atoms with van der Waals surface area (Å²) in [5.74, 6) is 1.06. The van der Waals surface area contributed by atoms with Crippen LogP contribution in [-0.2, 0) is 6.54 Å². The van der Waals surface area contributed by atoms with Gasteiger partial charge in [0.25, 0.3) is 0 Å². The van der Waals surface area contributed by atoms with Crippen molar-refractivity contribution in [2.75, 3.05) is 6.54 Å². The highest BCUT2D eigenvalue weighted by molar-refractivity contribution is 5.54. The highest BCUT2D eigenvalue weighted by Crippen LogP contribution is 2.22. The fraction of sp³-hybridized carbons (Fsp3) is 0.471. The van der Waals surface area contributed by atoms with E-state index in [1.54, 1.807) is 0 Å². The van der Waals surface area contributed by atoms with Crippen molar-refractivity contribution in [2.24, 2.45) is 11.1 Å². The number of benzene rings is 1. The Morgan fingerprint density at radius 2 is 1.90 bits per heavy atom. The van der Waals surface area contributed by atoms with E-state index in [-0.39, 0.29) is 5.41 Å². The quantitative estimate of drug-likeness (QED) is 0.780. The van der Waals surface area contributed by atoms with Crippen LogP contribution in [0.25, 0.3) is 11.4 Å². The Hall–Kier alpha value is -1.61. The summed E-state index contributed by atoms with van der Waals surface area (Å²) in [6, 6.07) is 10.4. The predicted molar refractivity (Wildman–Crippen MR) is 84.3 cm³/mol. The van der Waals surface area contributed by atoms with E-state index in [0.717, 1.165) is 18.9 Å². The summed E-state index contributed by atoms with van der Waals surface area (Å²) in [6.07, 6.45) is 7.50. The molecule has 2 N–H and O–H groups in total. The molecule has 0 saturated heterocycles. The van der Waals surface area contributed by atoms with Crippen molar-refractivity contribution in [3.8, 4) is 11.4 Å². The van der Waals surface area contributed by atoms with Crippen molar-refractivity contribution >= 4 is 0 Å². The van der Waals surface area contributed by atoms with E-state index < -0.39 is 0 Å². The molecule has 3 nitrogen and oxygen atoms in total. The summed E-state index contributed by atoms with van der Waals surface area (Å²) in [5, 5.41) is 0. The molecule has 0 aliphatic carbocycles. The highest BCUT2D eigenvalue weighted by atomic mass is 15.1. The molecule has 3 heteroatoms. The summed E-state index contributed by atoms with van der Waals surface area (Å²) < 4.78 is 2.24. The molecule has 1 heterocycles. The van der Waals surface area contributed by atoms with Crippen LogP contribution in [0.5, 0.6) is 0 Å². The normalized spacial score (nSPS) is 11.8. The number of aryl methyl sites for hydroxylation is 1. The number of aromatic nitrogens is 2. The lowest BCUT2D eigenvalue weighted by molar-refractivity contribution is 0.329. The molecule has 0 spiro atoms. The average Bonchev–Trinajstić information content (AvgIpc) is 2.93. The van der Waals surface area contributed by atoms with Crippen molar-refractivity contribution in [2.45, 2.75) is 39.7 Å². The van der Waals surface area contributed by atoms with Gasteiger partial charge in [-0.15, -0.1) is 0 Å². The third-order valence-corrected chi connectivity index (χ3v) is 3.80. The molecular formula is C17H25N3. The molecule has 2 rings (SSSR count). The van der Waals surface area contributed by atoms with Gasteiger partial charge in [-0.3, -0.25) is 0 Å². The van der Waals surface area contributed by atoms with Crippen LogP contribution >= 0.6 is 0 Å². The Balaban J connectivity index is 1.90. The minimum absolute atomic E-state index is 0.261. The number of imidazole rings is 1. The maximum Gasteiger partial charge on any atom is 0.139 e. The molecule has 0 radical (unpaired) electrons. The van der Waals surface area contributed by atoms with Crippen LogP contribution in [0.15, 0.2) is 42.7 Å². The maximum atomic E-state index is 5.77. The molecule has 0 aliphatic rings. The molecule has 108 valence electrons. The summed E-state index contributed by atoms with van der Waals surface area (Å²) in [7, 11) is 0. The molecule has 0 fully saturated rings. The lowest BCUT2D eigenvalue weighted by Gasteiger charge is -2.22. The minimum Gasteiger partial charge on any atom is -0.331 e. The molecule has 0 atom stereocenters. The van der Waals surface area contributed by atoms with Gasteiger partial charge in [0, 0.05) is 24.5 Å². The van der Waals surface area contributed by atoms with E-state index in [9.17, 15) is 0 Å². The molecule has 1 aromatic carbocycles. The van der Waals surface area contributed by atoms with Gasteiger partial charge in [0.2, 0.25) is 0 Å². The van der Waals surface area contributed by atoms with E-state index in [1.807, 2.05) is 12.3 Å². The van der Waals surface area contributed by atoms with Gasteiger partial charge >= 0.3 is 0 Å². The first-order valence-corrected chi connectivity index (χ1v) is 7.39. The van der Waals surface area contributed by atoms with Gasteiger partial charge in [-0.05, 0) is 24.8 Å². The summed E-state index contributed by atoms with van der Waals surface area (Å²) in [5.41, 5.74) is 7.21. The van der Waals surface area contributed by atoms with E-state index in [4.69, 9.17) is 5.73 Å². The first-order chi connectivity index (χ1) is 9.62. The standard InChI is InChI=1S/C17H25N3/c1-17(2,14-18)10-6-7-12-20-13-11-19-16(20)15-8-4-3-5-9-15/h3-5,8-9,11,13H,6-7,10,12,14,18H2,1-2H3. The van der Waals surface area contributed by atoms with Gasteiger partial charge in [0.1, 0.15) is 5.82 Å². The van der Waals surface area contributed by atoms with Crippen molar-refractivity contribution in [1.82, 2.24) is 9.55 Å². The fourth-order valence-electron chi connectivity index (χ4n) is 2.32. The van der Waals surface area contributed by atoms with Crippen LogP contribution in [0.4, 0.5) is 0 Å². The van der Waals surface area contributed by atoms with Gasteiger partial charge in [0.05, 0.1) is 0 Å². The van der Waals surface area contributed by atoms with Crippen molar-refractivity contribution in [1.29, 1.82) is 0 Å². The second-order valence-electron chi connectivity index (χ2n) is 6.14. The predicted octanol–water partition coefficient (Wildman–Crippen LogP) is 3.71. The van der Waals surface area contributed by atoms with E-state index in [0.29, 0.717) is 0 Å². The Kier molecular flexibility index (Phi) is 4.96. The van der Waals surface area contributed by atoms with Crippen LogP contribution < -0.4 is 5.73 Å². The number of nitrogens with two attached hydrogens (primary N) is 1. The molecule has 0 bridgehead atoms. The smallest absolute Gasteiger partial charge is 0.139 e. The zero-order chi connectivity index (χ0) is 14.4. The van der Waals surface area contributed by atoms with Crippen molar-refractivity contribution in [3.05, 3.63) is 42.7 Å². The Morgan fingerprint density at radius 1 is 1.15 bits per heavy atom. The topological polar surface area (TPSA) is 43.8 Å². The summed E-state index contributed by atoms with van der Waals surface area (Å²) in [4.78, 5) is 4.47. The molecule has 0 unspecified atom stereocenters. The molecule has 0 saturated carbocycles. The molecule has 0 aliphatic heterocycles. The van der Waals surface area contributed by atoms with E-state index >= 15 is 0 Å². The van der Waals surface area contributed by atoms with Crippen LogP contribution in [-0.4, -0.2) is 16.1 Å². The monoisotopic (exact) mass is 271 g/mol. The van der Waals surface area contributed by atoms with Crippen molar-refractivity contribution < 1.29 is 0 Å². The van der Waals surface area contributed by atoms with Gasteiger partial charge in [0.15, 0.2) is 0 Å². The number of nitrogens with zero attached hydrogens (tertiary/aromatic N) is 2. The van der Waals surface area contributed by atoms with Crippen LogP contribution in [0.2, 0.25) is 0 Å². The van der Waals surface area contributed by atoms with Crippen LogP contribution in [0, 0.1) is 5.41 Å². The van der Waals surface area contributed by atoms with Gasteiger partial charge in [-0.2, -0.15) is 0 Å². The third-order valence-electron chi connectivity index (χ3n) is 3.80. The summed E-state index contributed by atoms with van der Waals surface area (Å²) >= 11 is 0. The zero-order valence-electron chi connectivity index (χ0n) is 12.5. The molecule has 2 aromatic rings. The first kappa shape index (κ1) is 14.8. The van der Waals surface area contributed by atoms with Gasteiger partial charge < -0.3 is 10.3 Å². The number of hydrogen-bond donors (Lipinski definition) is 1. The number of hydrogen-bond acceptors (Lipinski definition) is 2. The lowest BCUT2D eigenvalue weighted by Crippen LogP contribution is -2.23.